The van der Waals surface area contributed by atoms with Gasteiger partial charge in [-0.3, -0.25) is 4.79 Å². The van der Waals surface area contributed by atoms with Crippen molar-refractivity contribution in [2.75, 3.05) is 12.4 Å². The Labute approximate surface area is 165 Å². The van der Waals surface area contributed by atoms with Gasteiger partial charge in [-0.1, -0.05) is 25.3 Å². The van der Waals surface area contributed by atoms with E-state index in [-0.39, 0.29) is 29.9 Å². The SMILES string of the molecule is CN(C(=O)c1cc2n(n1)C(C(F)(F)F)CC(c1cccs1)N2)C1CCCCC1. The lowest BCUT2D eigenvalue weighted by atomic mass is 9.94. The standard InChI is InChI=1S/C19H23F3N4OS/c1-25(12-6-3-2-4-7-12)18(27)14-11-17-23-13(15-8-5-9-28-15)10-16(19(20,21)22)26(17)24-14/h5,8-9,11-13,16,23H,2-4,6-7,10H2,1H3. The van der Waals surface area contributed by atoms with Crippen LogP contribution < -0.4 is 5.32 Å². The van der Waals surface area contributed by atoms with Gasteiger partial charge in [0, 0.05) is 30.5 Å². The number of halogens is 3. The smallest absolute Gasteiger partial charge is 0.363 e. The summed E-state index contributed by atoms with van der Waals surface area (Å²) in [5, 5.41) is 9.06. The molecule has 2 atom stereocenters. The molecule has 0 radical (unpaired) electrons. The first kappa shape index (κ1) is 19.3. The van der Waals surface area contributed by atoms with E-state index < -0.39 is 18.3 Å². The molecule has 9 heteroatoms. The lowest BCUT2D eigenvalue weighted by molar-refractivity contribution is -0.173. The first-order valence-corrected chi connectivity index (χ1v) is 10.5. The van der Waals surface area contributed by atoms with E-state index in [1.807, 2.05) is 17.5 Å². The maximum absolute atomic E-state index is 13.7. The summed E-state index contributed by atoms with van der Waals surface area (Å²) in [5.41, 5.74) is 0.0663. The maximum Gasteiger partial charge on any atom is 0.410 e. The predicted molar refractivity (Wildman–Crippen MR) is 102 cm³/mol. The van der Waals surface area contributed by atoms with Gasteiger partial charge in [0.15, 0.2) is 11.7 Å². The summed E-state index contributed by atoms with van der Waals surface area (Å²) in [6, 6.07) is 3.03. The van der Waals surface area contributed by atoms with Crippen molar-refractivity contribution < 1.29 is 18.0 Å². The number of amides is 1. The molecule has 1 fully saturated rings. The van der Waals surface area contributed by atoms with Gasteiger partial charge in [0.05, 0.1) is 6.04 Å². The van der Waals surface area contributed by atoms with Crippen molar-refractivity contribution in [1.29, 1.82) is 0 Å². The summed E-state index contributed by atoms with van der Waals surface area (Å²) < 4.78 is 42.1. The molecule has 2 aromatic rings. The molecule has 5 nitrogen and oxygen atoms in total. The minimum absolute atomic E-state index is 0.0663. The number of nitrogens with one attached hydrogen (secondary N) is 1. The van der Waals surface area contributed by atoms with Crippen LogP contribution in [-0.2, 0) is 0 Å². The van der Waals surface area contributed by atoms with Gasteiger partial charge >= 0.3 is 6.18 Å². The maximum atomic E-state index is 13.7. The lowest BCUT2D eigenvalue weighted by Gasteiger charge is -2.32. The Kier molecular flexibility index (Phi) is 5.11. The molecule has 2 aromatic heterocycles. The van der Waals surface area contributed by atoms with Crippen molar-refractivity contribution in [3.8, 4) is 0 Å². The van der Waals surface area contributed by atoms with Crippen LogP contribution in [0.3, 0.4) is 0 Å². The van der Waals surface area contributed by atoms with Gasteiger partial charge in [-0.25, -0.2) is 4.68 Å². The number of rotatable bonds is 3. The van der Waals surface area contributed by atoms with E-state index in [9.17, 15) is 18.0 Å². The Morgan fingerprint density at radius 2 is 2.07 bits per heavy atom. The molecule has 1 aliphatic carbocycles. The summed E-state index contributed by atoms with van der Waals surface area (Å²) >= 11 is 1.42. The van der Waals surface area contributed by atoms with E-state index in [0.717, 1.165) is 35.2 Å². The lowest BCUT2D eigenvalue weighted by Crippen LogP contribution is -2.38. The molecule has 1 aliphatic heterocycles. The second-order valence-corrected chi connectivity index (χ2v) is 8.55. The highest BCUT2D eigenvalue weighted by Crippen LogP contribution is 2.44. The van der Waals surface area contributed by atoms with Gasteiger partial charge in [-0.2, -0.15) is 18.3 Å². The number of thiophene rings is 1. The molecule has 1 saturated carbocycles. The summed E-state index contributed by atoms with van der Waals surface area (Å²) in [4.78, 5) is 15.4. The fraction of sp³-hybridized carbons (Fsp3) is 0.579. The summed E-state index contributed by atoms with van der Waals surface area (Å²) in [6.45, 7) is 0. The van der Waals surface area contributed by atoms with Crippen molar-refractivity contribution in [1.82, 2.24) is 14.7 Å². The number of carbonyl (C=O) groups excluding carboxylic acids is 1. The monoisotopic (exact) mass is 412 g/mol. The fourth-order valence-corrected chi connectivity index (χ4v) is 4.96. The highest BCUT2D eigenvalue weighted by atomic mass is 32.1. The van der Waals surface area contributed by atoms with Gasteiger partial charge in [-0.15, -0.1) is 11.3 Å². The number of nitrogens with zero attached hydrogens (tertiary/aromatic N) is 3. The molecule has 1 amide bonds. The highest BCUT2D eigenvalue weighted by molar-refractivity contribution is 7.10. The van der Waals surface area contributed by atoms with Gasteiger partial charge in [0.1, 0.15) is 5.82 Å². The second kappa shape index (κ2) is 7.42. The van der Waals surface area contributed by atoms with Crippen LogP contribution in [0, 0.1) is 0 Å². The molecule has 152 valence electrons. The zero-order chi connectivity index (χ0) is 19.9. The van der Waals surface area contributed by atoms with Crippen molar-refractivity contribution in [3.05, 3.63) is 34.2 Å². The minimum atomic E-state index is -4.44. The van der Waals surface area contributed by atoms with E-state index in [1.54, 1.807) is 11.9 Å². The highest BCUT2D eigenvalue weighted by Gasteiger charge is 2.47. The second-order valence-electron chi connectivity index (χ2n) is 7.57. The van der Waals surface area contributed by atoms with Crippen LogP contribution in [0.15, 0.2) is 23.6 Å². The Morgan fingerprint density at radius 3 is 2.71 bits per heavy atom. The van der Waals surface area contributed by atoms with Crippen molar-refractivity contribution in [2.45, 2.75) is 62.8 Å². The topological polar surface area (TPSA) is 50.2 Å². The van der Waals surface area contributed by atoms with E-state index >= 15 is 0 Å². The number of fused-ring (bicyclic) bond motifs is 1. The number of aromatic nitrogens is 2. The van der Waals surface area contributed by atoms with Crippen molar-refractivity contribution in [3.63, 3.8) is 0 Å². The molecule has 28 heavy (non-hydrogen) atoms. The molecule has 3 heterocycles. The van der Waals surface area contributed by atoms with Crippen LogP contribution in [0.2, 0.25) is 0 Å². The third-order valence-corrected chi connectivity index (χ3v) is 6.72. The van der Waals surface area contributed by atoms with E-state index in [4.69, 9.17) is 0 Å². The van der Waals surface area contributed by atoms with Crippen molar-refractivity contribution >= 4 is 23.1 Å². The Balaban J connectivity index is 1.62. The molecule has 0 saturated heterocycles. The zero-order valence-electron chi connectivity index (χ0n) is 15.6. The number of carbonyl (C=O) groups is 1. The molecule has 4 rings (SSSR count). The fourth-order valence-electron chi connectivity index (χ4n) is 4.17. The largest absolute Gasteiger partial charge is 0.410 e. The van der Waals surface area contributed by atoms with E-state index in [0.29, 0.717) is 0 Å². The summed E-state index contributed by atoms with van der Waals surface area (Å²) in [6.07, 6.45) is 0.584. The van der Waals surface area contributed by atoms with Crippen LogP contribution in [0.5, 0.6) is 0 Å². The van der Waals surface area contributed by atoms with Crippen LogP contribution in [-0.4, -0.2) is 39.9 Å². The molecular formula is C19H23F3N4OS. The van der Waals surface area contributed by atoms with Gasteiger partial charge in [0.2, 0.25) is 0 Å². The Bertz CT molecular complexity index is 827. The third kappa shape index (κ3) is 3.64. The molecule has 0 bridgehead atoms. The van der Waals surface area contributed by atoms with Crippen LogP contribution in [0.4, 0.5) is 19.0 Å². The Hall–Kier alpha value is -2.03. The quantitative estimate of drug-likeness (QED) is 0.771. The first-order chi connectivity index (χ1) is 13.3. The Morgan fingerprint density at radius 1 is 1.32 bits per heavy atom. The van der Waals surface area contributed by atoms with Crippen molar-refractivity contribution in [2.24, 2.45) is 0 Å². The van der Waals surface area contributed by atoms with Gasteiger partial charge < -0.3 is 10.2 Å². The van der Waals surface area contributed by atoms with Crippen LogP contribution >= 0.6 is 11.3 Å². The minimum Gasteiger partial charge on any atom is -0.363 e. The summed E-state index contributed by atoms with van der Waals surface area (Å²) in [5.74, 6) is -0.0726. The molecule has 2 unspecified atom stereocenters. The normalized spacial score (nSPS) is 23.1. The van der Waals surface area contributed by atoms with Crippen LogP contribution in [0.1, 0.15) is 66.0 Å². The first-order valence-electron chi connectivity index (χ1n) is 9.58. The molecular weight excluding hydrogens is 389 g/mol. The van der Waals surface area contributed by atoms with E-state index in [1.165, 1.54) is 23.8 Å². The predicted octanol–water partition coefficient (Wildman–Crippen LogP) is 5.01. The third-order valence-electron chi connectivity index (χ3n) is 5.74. The number of hydrogen-bond acceptors (Lipinski definition) is 4. The average Bonchev–Trinajstić information content (AvgIpc) is 3.35. The molecule has 0 spiro atoms. The molecule has 0 aromatic carbocycles. The summed E-state index contributed by atoms with van der Waals surface area (Å²) in [7, 11) is 1.72. The van der Waals surface area contributed by atoms with Gasteiger partial charge in [-0.05, 0) is 24.3 Å². The van der Waals surface area contributed by atoms with E-state index in [2.05, 4.69) is 10.4 Å². The molecule has 2 aliphatic rings. The number of anilines is 1. The average molecular weight is 412 g/mol. The van der Waals surface area contributed by atoms with Gasteiger partial charge in [0.25, 0.3) is 5.91 Å². The van der Waals surface area contributed by atoms with Crippen LogP contribution in [0.25, 0.3) is 0 Å². The number of alkyl halides is 3. The zero-order valence-corrected chi connectivity index (χ0v) is 16.4. The number of hydrogen-bond donors (Lipinski definition) is 1. The molecule has 1 N–H and O–H groups in total.